The SMILES string of the molecule is CCCCCCCCCCCCS(=O)(=O)O.[CaH2].[NaH]. The van der Waals surface area contributed by atoms with Crippen molar-refractivity contribution in [1.29, 1.82) is 0 Å². The molecule has 18 heavy (non-hydrogen) atoms. The summed E-state index contributed by atoms with van der Waals surface area (Å²) >= 11 is 0. The molecule has 1 N–H and O–H groups in total. The number of rotatable bonds is 11. The third kappa shape index (κ3) is 23.3. The molecule has 6 heteroatoms. The van der Waals surface area contributed by atoms with Crippen LogP contribution in [0.5, 0.6) is 0 Å². The van der Waals surface area contributed by atoms with Crippen LogP contribution in [-0.2, 0) is 10.1 Å². The predicted molar refractivity (Wildman–Crippen MR) is 84.0 cm³/mol. The Bertz CT molecular complexity index is 246. The van der Waals surface area contributed by atoms with Gasteiger partial charge in [-0.2, -0.15) is 8.42 Å². The van der Waals surface area contributed by atoms with Crippen molar-refractivity contribution in [2.24, 2.45) is 0 Å². The molecule has 0 spiro atoms. The van der Waals surface area contributed by atoms with E-state index in [9.17, 15) is 8.42 Å². The Morgan fingerprint density at radius 1 is 0.778 bits per heavy atom. The normalized spacial score (nSPS) is 10.6. The fourth-order valence-electron chi connectivity index (χ4n) is 1.77. The van der Waals surface area contributed by atoms with Gasteiger partial charge in [0.2, 0.25) is 0 Å². The average molecular weight is 316 g/mol. The molecular formula is C12H29CaNaO3S. The van der Waals surface area contributed by atoms with Crippen LogP contribution in [0, 0.1) is 0 Å². The van der Waals surface area contributed by atoms with Crippen molar-refractivity contribution in [1.82, 2.24) is 0 Å². The van der Waals surface area contributed by atoms with E-state index in [0.717, 1.165) is 12.8 Å². The molecule has 3 nitrogen and oxygen atoms in total. The van der Waals surface area contributed by atoms with Crippen molar-refractivity contribution < 1.29 is 13.0 Å². The molecule has 0 amide bonds. The first-order chi connectivity index (χ1) is 7.56. The van der Waals surface area contributed by atoms with Crippen molar-refractivity contribution in [2.75, 3.05) is 5.75 Å². The second-order valence-corrected chi connectivity index (χ2v) is 6.04. The quantitative estimate of drug-likeness (QED) is 0.361. The third-order valence-electron chi connectivity index (χ3n) is 2.76. The van der Waals surface area contributed by atoms with Gasteiger partial charge in [-0.3, -0.25) is 4.55 Å². The number of hydrogen-bond donors (Lipinski definition) is 1. The Labute approximate surface area is 165 Å². The van der Waals surface area contributed by atoms with Crippen molar-refractivity contribution >= 4 is 77.4 Å². The van der Waals surface area contributed by atoms with Crippen LogP contribution in [0.3, 0.4) is 0 Å². The van der Waals surface area contributed by atoms with E-state index in [1.165, 1.54) is 44.9 Å². The van der Waals surface area contributed by atoms with Gasteiger partial charge in [0.05, 0.1) is 5.75 Å². The van der Waals surface area contributed by atoms with Crippen molar-refractivity contribution in [2.45, 2.75) is 71.1 Å². The summed E-state index contributed by atoms with van der Waals surface area (Å²) in [5.41, 5.74) is 0. The van der Waals surface area contributed by atoms with Crippen LogP contribution < -0.4 is 0 Å². The van der Waals surface area contributed by atoms with E-state index >= 15 is 0 Å². The van der Waals surface area contributed by atoms with E-state index in [2.05, 4.69) is 6.92 Å². The van der Waals surface area contributed by atoms with Gasteiger partial charge in [0.25, 0.3) is 10.1 Å². The van der Waals surface area contributed by atoms with Crippen LogP contribution in [0.15, 0.2) is 0 Å². The average Bonchev–Trinajstić information content (AvgIpc) is 2.19. The Kier molecular flexibility index (Phi) is 24.1. The van der Waals surface area contributed by atoms with Gasteiger partial charge in [-0.15, -0.1) is 0 Å². The fourth-order valence-corrected chi connectivity index (χ4v) is 2.34. The standard InChI is InChI=1S/C12H26O3S.Ca.Na.3H/c1-2-3-4-5-6-7-8-9-10-11-12-16(13,14)15;;;;;/h2-12H2,1H3,(H,13,14,15);;;;;. The Hall–Kier alpha value is 2.17. The minimum absolute atomic E-state index is 0. The molecule has 0 radical (unpaired) electrons. The maximum absolute atomic E-state index is 10.4. The zero-order chi connectivity index (χ0) is 12.3. The Morgan fingerprint density at radius 2 is 1.11 bits per heavy atom. The van der Waals surface area contributed by atoms with E-state index in [4.69, 9.17) is 4.55 Å². The molecule has 0 aromatic rings. The van der Waals surface area contributed by atoms with Gasteiger partial charge < -0.3 is 0 Å². The molecule has 0 aromatic heterocycles. The number of hydrogen-bond acceptors (Lipinski definition) is 2. The first-order valence-electron chi connectivity index (χ1n) is 6.51. The molecule has 0 heterocycles. The maximum atomic E-state index is 10.4. The van der Waals surface area contributed by atoms with E-state index in [1.54, 1.807) is 0 Å². The van der Waals surface area contributed by atoms with Crippen LogP contribution in [0.1, 0.15) is 71.1 Å². The van der Waals surface area contributed by atoms with E-state index in [1.807, 2.05) is 0 Å². The first kappa shape index (κ1) is 25.1. The van der Waals surface area contributed by atoms with Crippen molar-refractivity contribution in [3.63, 3.8) is 0 Å². The van der Waals surface area contributed by atoms with Crippen LogP contribution in [-0.4, -0.2) is 86.0 Å². The molecule has 104 valence electrons. The van der Waals surface area contributed by atoms with Gasteiger partial charge in [0.1, 0.15) is 0 Å². The summed E-state index contributed by atoms with van der Waals surface area (Å²) in [6, 6.07) is 0. The molecule has 0 atom stereocenters. The van der Waals surface area contributed by atoms with Crippen LogP contribution in [0.25, 0.3) is 0 Å². The second kappa shape index (κ2) is 17.2. The summed E-state index contributed by atoms with van der Waals surface area (Å²) in [4.78, 5) is 0. The summed E-state index contributed by atoms with van der Waals surface area (Å²) in [5.74, 6) is -0.0799. The van der Waals surface area contributed by atoms with Gasteiger partial charge in [-0.05, 0) is 6.42 Å². The summed E-state index contributed by atoms with van der Waals surface area (Å²) < 4.78 is 29.4. The molecule has 0 fully saturated rings. The molecule has 0 rings (SSSR count). The predicted octanol–water partition coefficient (Wildman–Crippen LogP) is 2.23. The van der Waals surface area contributed by atoms with Crippen LogP contribution in [0.2, 0.25) is 0 Å². The summed E-state index contributed by atoms with van der Waals surface area (Å²) in [6.45, 7) is 2.22. The summed E-state index contributed by atoms with van der Waals surface area (Å²) in [6.07, 6.45) is 11.7. The van der Waals surface area contributed by atoms with E-state index in [0.29, 0.717) is 6.42 Å². The molecule has 0 bridgehead atoms. The summed E-state index contributed by atoms with van der Waals surface area (Å²) in [7, 11) is -3.73. The van der Waals surface area contributed by atoms with E-state index in [-0.39, 0.29) is 73.0 Å². The molecule has 0 aliphatic rings. The monoisotopic (exact) mass is 316 g/mol. The van der Waals surface area contributed by atoms with Gasteiger partial charge in [-0.25, -0.2) is 0 Å². The van der Waals surface area contributed by atoms with Crippen molar-refractivity contribution in [3.8, 4) is 0 Å². The van der Waals surface area contributed by atoms with E-state index < -0.39 is 10.1 Å². The molecule has 0 aromatic carbocycles. The topological polar surface area (TPSA) is 54.4 Å². The van der Waals surface area contributed by atoms with Crippen LogP contribution >= 0.6 is 0 Å². The first-order valence-corrected chi connectivity index (χ1v) is 8.12. The summed E-state index contributed by atoms with van der Waals surface area (Å²) in [5, 5.41) is 0. The molecule has 0 aliphatic carbocycles. The van der Waals surface area contributed by atoms with Gasteiger partial charge >= 0.3 is 67.3 Å². The fraction of sp³-hybridized carbons (Fsp3) is 1.00. The molecule has 0 saturated heterocycles. The van der Waals surface area contributed by atoms with Crippen LogP contribution in [0.4, 0.5) is 0 Å². The number of unbranched alkanes of at least 4 members (excludes halogenated alkanes) is 9. The molecule has 0 unspecified atom stereocenters. The Morgan fingerprint density at radius 3 is 1.44 bits per heavy atom. The molecular weight excluding hydrogens is 287 g/mol. The zero-order valence-corrected chi connectivity index (χ0v) is 11.3. The minimum atomic E-state index is -3.73. The van der Waals surface area contributed by atoms with Gasteiger partial charge in [-0.1, -0.05) is 64.7 Å². The van der Waals surface area contributed by atoms with Gasteiger partial charge in [0.15, 0.2) is 0 Å². The second-order valence-electron chi connectivity index (χ2n) is 4.47. The third-order valence-corrected chi connectivity index (χ3v) is 3.56. The Balaban J connectivity index is -0.00000112. The van der Waals surface area contributed by atoms with Crippen molar-refractivity contribution in [3.05, 3.63) is 0 Å². The molecule has 0 aliphatic heterocycles. The van der Waals surface area contributed by atoms with Gasteiger partial charge in [0, 0.05) is 0 Å². The zero-order valence-electron chi connectivity index (χ0n) is 10.5. The molecule has 0 saturated carbocycles.